The second-order valence-corrected chi connectivity index (χ2v) is 12.4. The van der Waals surface area contributed by atoms with Crippen LogP contribution in [-0.2, 0) is 20.9 Å². The number of oxime groups is 1. The molecule has 1 aromatic carbocycles. The largest absolute Gasteiger partial charge is 0.435 e. The lowest BCUT2D eigenvalue weighted by Gasteiger charge is -2.51. The third-order valence-electron chi connectivity index (χ3n) is 6.67. The second-order valence-electron chi connectivity index (χ2n) is 9.31. The third-order valence-corrected chi connectivity index (χ3v) is 9.09. The number of benzene rings is 1. The molecule has 2 N–H and O–H groups in total. The monoisotopic (exact) mass is 585 g/mol. The van der Waals surface area contributed by atoms with Crippen molar-refractivity contribution in [3.05, 3.63) is 63.1 Å². The van der Waals surface area contributed by atoms with Gasteiger partial charge in [0.15, 0.2) is 11.5 Å². The van der Waals surface area contributed by atoms with Gasteiger partial charge in [-0.15, -0.1) is 0 Å². The van der Waals surface area contributed by atoms with E-state index < -0.39 is 61.8 Å². The molecule has 7 nitrogen and oxygen atoms in total. The molecule has 15 heteroatoms. The van der Waals surface area contributed by atoms with E-state index in [2.05, 4.69) is 10.1 Å². The van der Waals surface area contributed by atoms with Crippen LogP contribution in [0.5, 0.6) is 0 Å². The van der Waals surface area contributed by atoms with Gasteiger partial charge < -0.3 is 9.74 Å². The lowest BCUT2D eigenvalue weighted by atomic mass is 9.86. The van der Waals surface area contributed by atoms with Crippen molar-refractivity contribution in [1.29, 1.82) is 0 Å². The van der Waals surface area contributed by atoms with E-state index in [4.69, 9.17) is 28.0 Å². The summed E-state index contributed by atoms with van der Waals surface area (Å²) >= 11 is 11.4. The molecule has 1 amide bonds. The summed E-state index contributed by atoms with van der Waals surface area (Å²) in [6.07, 6.45) is -4.62. The van der Waals surface area contributed by atoms with Crippen LogP contribution in [0, 0.1) is 11.7 Å². The first-order valence-corrected chi connectivity index (χ1v) is 13.4. The van der Waals surface area contributed by atoms with Gasteiger partial charge in [-0.25, -0.2) is 8.78 Å². The summed E-state index contributed by atoms with van der Waals surface area (Å²) in [7, 11) is -2.70. The summed E-state index contributed by atoms with van der Waals surface area (Å²) in [6, 6.07) is 4.19. The van der Waals surface area contributed by atoms with Gasteiger partial charge in [0.05, 0.1) is 58.4 Å². The molecule has 2 aromatic rings. The molecule has 200 valence electrons. The predicted octanol–water partition coefficient (Wildman–Crippen LogP) is 5.50. The summed E-state index contributed by atoms with van der Waals surface area (Å²) in [4.78, 5) is 22.5. The Kier molecular flexibility index (Phi) is 6.19. The Balaban J connectivity index is 1.30. The molecule has 1 unspecified atom stereocenters. The zero-order valence-electron chi connectivity index (χ0n) is 18.6. The number of hydrogen-bond acceptors (Lipinski definition) is 6. The zero-order valence-corrected chi connectivity index (χ0v) is 20.9. The summed E-state index contributed by atoms with van der Waals surface area (Å²) in [5.41, 5.74) is -5.46. The van der Waals surface area contributed by atoms with Gasteiger partial charge >= 0.3 is 6.18 Å². The van der Waals surface area contributed by atoms with Crippen LogP contribution in [0.2, 0.25) is 10.0 Å². The number of pyridine rings is 1. The fourth-order valence-electron chi connectivity index (χ4n) is 4.55. The highest BCUT2D eigenvalue weighted by Gasteiger charge is 2.62. The summed E-state index contributed by atoms with van der Waals surface area (Å²) in [6.45, 7) is -0.553. The summed E-state index contributed by atoms with van der Waals surface area (Å²) in [5.74, 6) is -2.05. The molecule has 0 saturated carbocycles. The van der Waals surface area contributed by atoms with Gasteiger partial charge in [-0.1, -0.05) is 28.4 Å². The Bertz CT molecular complexity index is 1270. The number of likely N-dealkylation sites (tertiary alicyclic amines) is 1. The number of carbonyl (C=O) groups is 1. The molecule has 4 heterocycles. The molecule has 0 spiro atoms. The zero-order chi connectivity index (χ0) is 27.0. The highest BCUT2D eigenvalue weighted by Crippen LogP contribution is 2.53. The van der Waals surface area contributed by atoms with Gasteiger partial charge in [-0.2, -0.15) is 23.8 Å². The fourth-order valence-corrected chi connectivity index (χ4v) is 6.51. The number of alkyl halides is 4. The average molecular weight is 586 g/mol. The molecule has 5 rings (SSSR count). The molecular weight excluding hydrogens is 568 g/mol. The molecule has 1 aromatic heterocycles. The van der Waals surface area contributed by atoms with Crippen LogP contribution in [0.3, 0.4) is 0 Å². The molecule has 2 saturated heterocycles. The van der Waals surface area contributed by atoms with Gasteiger partial charge in [-0.3, -0.25) is 18.9 Å². The molecule has 0 aliphatic carbocycles. The number of halogens is 7. The maximum absolute atomic E-state index is 15.3. The number of nitrogens with zero attached hydrogens (tertiary/aromatic N) is 3. The van der Waals surface area contributed by atoms with Crippen molar-refractivity contribution in [1.82, 2.24) is 9.88 Å². The van der Waals surface area contributed by atoms with E-state index in [-0.39, 0.29) is 47.5 Å². The predicted molar refractivity (Wildman–Crippen MR) is 126 cm³/mol. The van der Waals surface area contributed by atoms with E-state index in [1.165, 1.54) is 17.0 Å². The quantitative estimate of drug-likeness (QED) is 0.365. The highest BCUT2D eigenvalue weighted by molar-refractivity contribution is 8.25. The van der Waals surface area contributed by atoms with E-state index in [9.17, 15) is 31.5 Å². The first-order valence-electron chi connectivity index (χ1n) is 10.8. The lowest BCUT2D eigenvalue weighted by Crippen LogP contribution is -2.62. The van der Waals surface area contributed by atoms with E-state index in [1.54, 1.807) is 0 Å². The molecular formula is C22H18Cl2F5N3O4S. The van der Waals surface area contributed by atoms with Gasteiger partial charge in [0, 0.05) is 17.3 Å². The molecule has 0 bridgehead atoms. The van der Waals surface area contributed by atoms with Gasteiger partial charge in [0.2, 0.25) is 5.91 Å². The van der Waals surface area contributed by atoms with Crippen molar-refractivity contribution in [2.24, 2.45) is 11.1 Å². The molecule has 1 atom stereocenters. The topological polar surface area (TPSA) is 95.2 Å². The summed E-state index contributed by atoms with van der Waals surface area (Å²) in [5, 5.41) is 2.36. The Morgan fingerprint density at radius 3 is 2.30 bits per heavy atom. The van der Waals surface area contributed by atoms with Crippen molar-refractivity contribution < 1.29 is 40.7 Å². The number of amides is 1. The minimum atomic E-state index is -4.98. The van der Waals surface area contributed by atoms with Crippen LogP contribution in [-0.4, -0.2) is 61.4 Å². The average Bonchev–Trinajstić information content (AvgIpc) is 3.25. The normalized spacial score (nSPS) is 25.5. The number of carbonyl (C=O) groups excluding carboxylic acids is 1. The lowest BCUT2D eigenvalue weighted by molar-refractivity contribution is -0.275. The number of aromatic nitrogens is 1. The second kappa shape index (κ2) is 8.67. The van der Waals surface area contributed by atoms with Crippen LogP contribution in [0.1, 0.15) is 23.2 Å². The minimum Gasteiger partial charge on any atom is -0.374 e. The molecule has 0 radical (unpaired) electrons. The first-order chi connectivity index (χ1) is 17.1. The van der Waals surface area contributed by atoms with Gasteiger partial charge in [-0.05, 0) is 24.3 Å². The smallest absolute Gasteiger partial charge is 0.374 e. The standard InChI is InChI=1S/C22H18Cl2F5N3O4S/c23-14-3-13(4-15(24)18(14)25)21(22(27,28)29)5-16(31-36-21)11-1-2-17(30-6-11)20(26)9-32(10-20)19(33)12-7-37(34,35)8-12/h1-4,6,12,34-35H,5,7-10H2. The van der Waals surface area contributed by atoms with Gasteiger partial charge in [0.1, 0.15) is 0 Å². The van der Waals surface area contributed by atoms with Crippen molar-refractivity contribution in [2.75, 3.05) is 24.6 Å². The van der Waals surface area contributed by atoms with Crippen LogP contribution >= 0.6 is 33.8 Å². The van der Waals surface area contributed by atoms with Crippen LogP contribution < -0.4 is 0 Å². The van der Waals surface area contributed by atoms with E-state index in [0.29, 0.717) is 0 Å². The fraction of sp³-hybridized carbons (Fsp3) is 0.409. The van der Waals surface area contributed by atoms with Crippen molar-refractivity contribution in [3.63, 3.8) is 0 Å². The first kappa shape index (κ1) is 26.4. The molecule has 3 aliphatic heterocycles. The van der Waals surface area contributed by atoms with Crippen molar-refractivity contribution >= 4 is 45.4 Å². The Hall–Kier alpha value is -2.19. The number of rotatable bonds is 4. The minimum absolute atomic E-state index is 0.0168. The summed E-state index contributed by atoms with van der Waals surface area (Å²) < 4.78 is 90.5. The molecule has 3 aliphatic rings. The van der Waals surface area contributed by atoms with Gasteiger partial charge in [0.25, 0.3) is 5.60 Å². The maximum atomic E-state index is 15.3. The SMILES string of the molecule is O=C(C1CS(O)(O)C1)N1CC(F)(c2ccc(C3=NOC(c4cc(Cl)c(F)c(Cl)c4)(C(F)(F)F)C3)cn2)C1. The maximum Gasteiger partial charge on any atom is 0.435 e. The van der Waals surface area contributed by atoms with Crippen molar-refractivity contribution in [2.45, 2.75) is 23.9 Å². The Morgan fingerprint density at radius 2 is 1.78 bits per heavy atom. The molecule has 37 heavy (non-hydrogen) atoms. The van der Waals surface area contributed by atoms with Crippen molar-refractivity contribution in [3.8, 4) is 0 Å². The Morgan fingerprint density at radius 1 is 1.16 bits per heavy atom. The van der Waals surface area contributed by atoms with E-state index in [0.717, 1.165) is 18.3 Å². The van der Waals surface area contributed by atoms with Crippen LogP contribution in [0.15, 0.2) is 35.6 Å². The van der Waals surface area contributed by atoms with E-state index >= 15 is 4.39 Å². The van der Waals surface area contributed by atoms with E-state index in [1.807, 2.05) is 0 Å². The number of hydrogen-bond donors (Lipinski definition) is 2. The van der Waals surface area contributed by atoms with Crippen LogP contribution in [0.4, 0.5) is 22.0 Å². The highest BCUT2D eigenvalue weighted by atomic mass is 35.5. The molecule has 2 fully saturated rings. The Labute approximate surface area is 218 Å². The van der Waals surface area contributed by atoms with Crippen LogP contribution in [0.25, 0.3) is 0 Å². The third kappa shape index (κ3) is 4.44.